The summed E-state index contributed by atoms with van der Waals surface area (Å²) in [6, 6.07) is 5.34. The van der Waals surface area contributed by atoms with Gasteiger partial charge in [-0.25, -0.2) is 14.4 Å². The van der Waals surface area contributed by atoms with Crippen molar-refractivity contribution in [1.29, 1.82) is 0 Å². The van der Waals surface area contributed by atoms with Crippen LogP contribution >= 0.6 is 23.1 Å². The molecule has 1 aliphatic rings. The summed E-state index contributed by atoms with van der Waals surface area (Å²) < 4.78 is 15.8. The van der Waals surface area contributed by atoms with Crippen molar-refractivity contribution >= 4 is 49.3 Å². The first kappa shape index (κ1) is 15.8. The molecule has 1 amide bonds. The van der Waals surface area contributed by atoms with E-state index in [1.807, 2.05) is 6.07 Å². The Hall–Kier alpha value is -1.73. The highest BCUT2D eigenvalue weighted by molar-refractivity contribution is 8.00. The molecule has 0 spiro atoms. The summed E-state index contributed by atoms with van der Waals surface area (Å²) in [5.41, 5.74) is 0.627. The number of nitrogens with zero attached hydrogens (tertiary/aromatic N) is 2. The van der Waals surface area contributed by atoms with Gasteiger partial charge in [0.05, 0.1) is 21.4 Å². The van der Waals surface area contributed by atoms with E-state index in [2.05, 4.69) is 15.3 Å². The van der Waals surface area contributed by atoms with Gasteiger partial charge in [0.1, 0.15) is 17.2 Å². The van der Waals surface area contributed by atoms with E-state index in [4.69, 9.17) is 0 Å². The van der Waals surface area contributed by atoms with Gasteiger partial charge < -0.3 is 5.32 Å². The summed E-state index contributed by atoms with van der Waals surface area (Å²) in [6.07, 6.45) is 5.97. The first-order chi connectivity index (χ1) is 11.7. The molecule has 1 saturated carbocycles. The Balaban J connectivity index is 1.57. The fourth-order valence-electron chi connectivity index (χ4n) is 3.13. The average Bonchev–Trinajstić information content (AvgIpc) is 3.20. The molecular formula is C17H16FN3OS2. The molecule has 2 heterocycles. The summed E-state index contributed by atoms with van der Waals surface area (Å²) in [7, 11) is 0. The normalized spacial score (nSPS) is 15.4. The smallest absolute Gasteiger partial charge is 0.230 e. The molecule has 24 heavy (non-hydrogen) atoms. The zero-order chi connectivity index (χ0) is 16.5. The van der Waals surface area contributed by atoms with Gasteiger partial charge >= 0.3 is 0 Å². The van der Waals surface area contributed by atoms with E-state index < -0.39 is 0 Å². The molecule has 0 radical (unpaired) electrons. The van der Waals surface area contributed by atoms with Gasteiger partial charge in [0.2, 0.25) is 5.91 Å². The summed E-state index contributed by atoms with van der Waals surface area (Å²) in [5, 5.41) is 4.35. The number of rotatable bonds is 4. The number of carbonyl (C=O) groups excluding carboxylic acids is 1. The Labute approximate surface area is 146 Å². The lowest BCUT2D eigenvalue weighted by Crippen LogP contribution is -2.33. The maximum Gasteiger partial charge on any atom is 0.230 e. The van der Waals surface area contributed by atoms with Gasteiger partial charge in [-0.15, -0.1) is 11.3 Å². The number of amides is 1. The van der Waals surface area contributed by atoms with E-state index in [9.17, 15) is 9.18 Å². The molecule has 3 aromatic rings. The third-order valence-corrected chi connectivity index (χ3v) is 6.53. The van der Waals surface area contributed by atoms with Crippen LogP contribution in [0.25, 0.3) is 20.3 Å². The molecule has 0 bridgehead atoms. The molecule has 0 atom stereocenters. The lowest BCUT2D eigenvalue weighted by Gasteiger charge is -2.11. The standard InChI is InChI=1S/C17H16FN3OS2/c18-11-6-3-7-12-14(11)15-16(24-12)17(20-9-19-15)23-8-13(22)21-10-4-1-2-5-10/h3,6-7,9-10H,1-2,4-5,8H2,(H,21,22). The third-order valence-electron chi connectivity index (χ3n) is 4.26. The molecule has 4 nitrogen and oxygen atoms in total. The number of aromatic nitrogens is 2. The minimum absolute atomic E-state index is 0.0333. The Morgan fingerprint density at radius 3 is 3.00 bits per heavy atom. The molecule has 0 unspecified atom stereocenters. The molecule has 1 aliphatic carbocycles. The topological polar surface area (TPSA) is 54.9 Å². The number of hydrogen-bond donors (Lipinski definition) is 1. The van der Waals surface area contributed by atoms with Crippen LogP contribution in [0.4, 0.5) is 4.39 Å². The van der Waals surface area contributed by atoms with Gasteiger partial charge in [-0.3, -0.25) is 4.79 Å². The summed E-state index contributed by atoms with van der Waals surface area (Å²) >= 11 is 2.86. The van der Waals surface area contributed by atoms with Crippen LogP contribution in [0.3, 0.4) is 0 Å². The highest BCUT2D eigenvalue weighted by atomic mass is 32.2. The largest absolute Gasteiger partial charge is 0.353 e. The van der Waals surface area contributed by atoms with Crippen LogP contribution < -0.4 is 5.32 Å². The Bertz CT molecular complexity index is 905. The number of halogens is 1. The van der Waals surface area contributed by atoms with Crippen molar-refractivity contribution in [3.63, 3.8) is 0 Å². The molecular weight excluding hydrogens is 345 g/mol. The van der Waals surface area contributed by atoms with Gasteiger partial charge in [0, 0.05) is 10.7 Å². The van der Waals surface area contributed by atoms with Crippen molar-refractivity contribution in [2.75, 3.05) is 5.75 Å². The monoisotopic (exact) mass is 361 g/mol. The van der Waals surface area contributed by atoms with Crippen LogP contribution in [-0.2, 0) is 4.79 Å². The highest BCUT2D eigenvalue weighted by Gasteiger charge is 2.18. The van der Waals surface area contributed by atoms with Crippen LogP contribution in [0.2, 0.25) is 0 Å². The Morgan fingerprint density at radius 2 is 2.17 bits per heavy atom. The van der Waals surface area contributed by atoms with Gasteiger partial charge in [0.25, 0.3) is 0 Å². The van der Waals surface area contributed by atoms with Crippen molar-refractivity contribution in [3.8, 4) is 0 Å². The maximum atomic E-state index is 14.1. The van der Waals surface area contributed by atoms with Crippen LogP contribution in [0, 0.1) is 5.82 Å². The summed E-state index contributed by atoms with van der Waals surface area (Å²) in [6.45, 7) is 0. The Kier molecular flexibility index (Phi) is 4.37. The summed E-state index contributed by atoms with van der Waals surface area (Å²) in [4.78, 5) is 20.6. The second kappa shape index (κ2) is 6.64. The minimum atomic E-state index is -0.271. The number of carbonyl (C=O) groups is 1. The van der Waals surface area contributed by atoms with Gasteiger partial charge in [0.15, 0.2) is 0 Å². The van der Waals surface area contributed by atoms with Crippen molar-refractivity contribution in [2.24, 2.45) is 0 Å². The van der Waals surface area contributed by atoms with Crippen molar-refractivity contribution in [2.45, 2.75) is 36.8 Å². The molecule has 1 N–H and O–H groups in total. The van der Waals surface area contributed by atoms with Crippen LogP contribution in [0.1, 0.15) is 25.7 Å². The van der Waals surface area contributed by atoms with Crippen molar-refractivity contribution < 1.29 is 9.18 Å². The number of fused-ring (bicyclic) bond motifs is 3. The van der Waals surface area contributed by atoms with Crippen LogP contribution in [0.15, 0.2) is 29.6 Å². The lowest BCUT2D eigenvalue weighted by atomic mass is 10.2. The fourth-order valence-corrected chi connectivity index (χ4v) is 5.19. The van der Waals surface area contributed by atoms with E-state index >= 15 is 0 Å². The molecule has 4 rings (SSSR count). The maximum absolute atomic E-state index is 14.1. The van der Waals surface area contributed by atoms with Gasteiger partial charge in [-0.05, 0) is 25.0 Å². The Morgan fingerprint density at radius 1 is 1.33 bits per heavy atom. The number of hydrogen-bond acceptors (Lipinski definition) is 5. The molecule has 124 valence electrons. The van der Waals surface area contributed by atoms with Gasteiger partial charge in [-0.1, -0.05) is 30.7 Å². The van der Waals surface area contributed by atoms with Crippen LogP contribution in [0.5, 0.6) is 0 Å². The number of benzene rings is 1. The number of thiophene rings is 1. The SMILES string of the molecule is O=C(CSc1ncnc2c1sc1cccc(F)c12)NC1CCCC1. The van der Waals surface area contributed by atoms with E-state index in [1.54, 1.807) is 6.07 Å². The van der Waals surface area contributed by atoms with Crippen molar-refractivity contribution in [3.05, 3.63) is 30.3 Å². The van der Waals surface area contributed by atoms with E-state index in [0.717, 1.165) is 27.3 Å². The highest BCUT2D eigenvalue weighted by Crippen LogP contribution is 2.38. The molecule has 0 saturated heterocycles. The predicted octanol–water partition coefficient (Wildman–Crippen LogP) is 4.13. The first-order valence-corrected chi connectivity index (χ1v) is 9.76. The van der Waals surface area contributed by atoms with Crippen LogP contribution in [-0.4, -0.2) is 27.7 Å². The van der Waals surface area contributed by atoms with E-state index in [0.29, 0.717) is 22.7 Å². The van der Waals surface area contributed by atoms with E-state index in [1.165, 1.54) is 48.3 Å². The first-order valence-electron chi connectivity index (χ1n) is 7.96. The average molecular weight is 361 g/mol. The third kappa shape index (κ3) is 2.98. The number of thioether (sulfide) groups is 1. The molecule has 0 aliphatic heterocycles. The lowest BCUT2D eigenvalue weighted by molar-refractivity contribution is -0.119. The van der Waals surface area contributed by atoms with Crippen molar-refractivity contribution in [1.82, 2.24) is 15.3 Å². The van der Waals surface area contributed by atoms with Gasteiger partial charge in [-0.2, -0.15) is 0 Å². The molecule has 1 fully saturated rings. The predicted molar refractivity (Wildman–Crippen MR) is 96.0 cm³/mol. The second-order valence-electron chi connectivity index (χ2n) is 5.91. The minimum Gasteiger partial charge on any atom is -0.353 e. The molecule has 1 aromatic carbocycles. The molecule has 7 heteroatoms. The fraction of sp³-hybridized carbons (Fsp3) is 0.353. The zero-order valence-corrected chi connectivity index (χ0v) is 14.6. The quantitative estimate of drug-likeness (QED) is 0.561. The molecule has 2 aromatic heterocycles. The zero-order valence-electron chi connectivity index (χ0n) is 12.9. The van der Waals surface area contributed by atoms with E-state index in [-0.39, 0.29) is 11.7 Å². The number of nitrogens with one attached hydrogen (secondary N) is 1. The summed E-state index contributed by atoms with van der Waals surface area (Å²) in [5.74, 6) is 0.0811. The second-order valence-corrected chi connectivity index (χ2v) is 7.93.